The van der Waals surface area contributed by atoms with Crippen LogP contribution in [0, 0.1) is 5.41 Å². The number of hydrogen-bond donors (Lipinski definition) is 1. The smallest absolute Gasteiger partial charge is 0.232 e. The van der Waals surface area contributed by atoms with Crippen LogP contribution in [0.15, 0.2) is 16.7 Å². The third-order valence-corrected chi connectivity index (χ3v) is 3.96. The van der Waals surface area contributed by atoms with Crippen molar-refractivity contribution >= 4 is 27.7 Å². The Morgan fingerprint density at radius 1 is 1.50 bits per heavy atom. The van der Waals surface area contributed by atoms with E-state index in [2.05, 4.69) is 40.1 Å². The van der Waals surface area contributed by atoms with Gasteiger partial charge in [0.25, 0.3) is 0 Å². The number of nitrogens with zero attached hydrogens (tertiary/aromatic N) is 1. The van der Waals surface area contributed by atoms with E-state index < -0.39 is 0 Å². The van der Waals surface area contributed by atoms with Gasteiger partial charge in [-0.05, 0) is 46.8 Å². The molecule has 0 aliphatic carbocycles. The SMILES string of the molecule is CCC1(CC)Cc2cc(Br)cnc2NC1=O. The number of carbonyl (C=O) groups excluding carboxylic acids is 1. The predicted molar refractivity (Wildman–Crippen MR) is 67.3 cm³/mol. The fourth-order valence-electron chi connectivity index (χ4n) is 2.23. The van der Waals surface area contributed by atoms with Gasteiger partial charge in [0.15, 0.2) is 0 Å². The summed E-state index contributed by atoms with van der Waals surface area (Å²) >= 11 is 3.41. The van der Waals surface area contributed by atoms with Crippen LogP contribution in [0.25, 0.3) is 0 Å². The van der Waals surface area contributed by atoms with Crippen molar-refractivity contribution < 1.29 is 4.79 Å². The van der Waals surface area contributed by atoms with E-state index in [1.54, 1.807) is 6.20 Å². The second kappa shape index (κ2) is 4.17. The highest BCUT2D eigenvalue weighted by Gasteiger charge is 2.39. The Bertz CT molecular complexity index is 427. The third-order valence-electron chi connectivity index (χ3n) is 3.53. The van der Waals surface area contributed by atoms with Crippen LogP contribution in [-0.4, -0.2) is 10.9 Å². The van der Waals surface area contributed by atoms with Crippen molar-refractivity contribution in [1.82, 2.24) is 4.98 Å². The molecule has 1 aliphatic rings. The minimum atomic E-state index is -0.254. The van der Waals surface area contributed by atoms with Gasteiger partial charge in [0.1, 0.15) is 5.82 Å². The van der Waals surface area contributed by atoms with Crippen molar-refractivity contribution in [2.75, 3.05) is 5.32 Å². The van der Waals surface area contributed by atoms with Gasteiger partial charge in [0.2, 0.25) is 5.91 Å². The standard InChI is InChI=1S/C12H15BrN2O/c1-3-12(4-2)6-8-5-9(13)7-14-10(8)15-11(12)16/h5,7H,3-4,6H2,1-2H3,(H,14,15,16). The van der Waals surface area contributed by atoms with Gasteiger partial charge in [0, 0.05) is 10.7 Å². The molecular formula is C12H15BrN2O. The number of carbonyl (C=O) groups is 1. The normalized spacial score (nSPS) is 17.8. The quantitative estimate of drug-likeness (QED) is 0.906. The maximum atomic E-state index is 12.1. The van der Waals surface area contributed by atoms with Gasteiger partial charge in [0.05, 0.1) is 5.41 Å². The molecule has 2 heterocycles. The summed E-state index contributed by atoms with van der Waals surface area (Å²) in [6, 6.07) is 2.04. The van der Waals surface area contributed by atoms with Crippen LogP contribution < -0.4 is 5.32 Å². The summed E-state index contributed by atoms with van der Waals surface area (Å²) < 4.78 is 0.962. The molecule has 1 N–H and O–H groups in total. The Hall–Kier alpha value is -0.900. The van der Waals surface area contributed by atoms with E-state index in [1.807, 2.05) is 6.07 Å². The molecule has 1 aromatic heterocycles. The first-order chi connectivity index (χ1) is 7.61. The average Bonchev–Trinajstić information content (AvgIpc) is 2.29. The molecule has 1 amide bonds. The fraction of sp³-hybridized carbons (Fsp3) is 0.500. The Balaban J connectivity index is 2.43. The van der Waals surface area contributed by atoms with Crippen molar-refractivity contribution in [2.45, 2.75) is 33.1 Å². The molecule has 3 nitrogen and oxygen atoms in total. The van der Waals surface area contributed by atoms with Crippen LogP contribution in [0.5, 0.6) is 0 Å². The summed E-state index contributed by atoms with van der Waals surface area (Å²) in [5.74, 6) is 0.825. The highest BCUT2D eigenvalue weighted by atomic mass is 79.9. The number of pyridine rings is 1. The van der Waals surface area contributed by atoms with E-state index in [-0.39, 0.29) is 11.3 Å². The molecule has 0 unspecified atom stereocenters. The van der Waals surface area contributed by atoms with Crippen LogP contribution in [0.1, 0.15) is 32.3 Å². The first-order valence-electron chi connectivity index (χ1n) is 5.57. The lowest BCUT2D eigenvalue weighted by Gasteiger charge is -2.34. The van der Waals surface area contributed by atoms with Crippen molar-refractivity contribution in [3.05, 3.63) is 22.3 Å². The Morgan fingerprint density at radius 2 is 2.19 bits per heavy atom. The Labute approximate surface area is 104 Å². The molecule has 0 bridgehead atoms. The molecule has 0 spiro atoms. The summed E-state index contributed by atoms with van der Waals surface area (Å²) in [6.07, 6.45) is 4.22. The number of halogens is 1. The van der Waals surface area contributed by atoms with Crippen LogP contribution in [0.4, 0.5) is 5.82 Å². The lowest BCUT2D eigenvalue weighted by molar-refractivity contribution is -0.126. The first kappa shape index (κ1) is 11.6. The molecule has 2 rings (SSSR count). The minimum Gasteiger partial charge on any atom is -0.310 e. The maximum Gasteiger partial charge on any atom is 0.232 e. The monoisotopic (exact) mass is 282 g/mol. The fourth-order valence-corrected chi connectivity index (χ4v) is 2.61. The number of fused-ring (bicyclic) bond motifs is 1. The van der Waals surface area contributed by atoms with E-state index >= 15 is 0 Å². The van der Waals surface area contributed by atoms with Gasteiger partial charge >= 0.3 is 0 Å². The number of anilines is 1. The van der Waals surface area contributed by atoms with Crippen LogP contribution in [-0.2, 0) is 11.2 Å². The van der Waals surface area contributed by atoms with Gasteiger partial charge in [-0.2, -0.15) is 0 Å². The molecule has 4 heteroatoms. The van der Waals surface area contributed by atoms with Crippen LogP contribution in [0.2, 0.25) is 0 Å². The second-order valence-corrected chi connectivity index (χ2v) is 5.20. The molecule has 1 aliphatic heterocycles. The molecule has 0 aromatic carbocycles. The lowest BCUT2D eigenvalue weighted by atomic mass is 9.74. The molecule has 0 atom stereocenters. The first-order valence-corrected chi connectivity index (χ1v) is 6.36. The summed E-state index contributed by atoms with van der Waals surface area (Å²) in [5, 5.41) is 2.91. The zero-order valence-corrected chi connectivity index (χ0v) is 11.1. The van der Waals surface area contributed by atoms with E-state index in [0.717, 1.165) is 29.3 Å². The van der Waals surface area contributed by atoms with Gasteiger partial charge in [-0.15, -0.1) is 0 Å². The second-order valence-electron chi connectivity index (χ2n) is 4.28. The molecule has 1 aromatic rings. The van der Waals surface area contributed by atoms with Gasteiger partial charge in [-0.1, -0.05) is 13.8 Å². The molecule has 16 heavy (non-hydrogen) atoms. The predicted octanol–water partition coefficient (Wildman–Crippen LogP) is 3.15. The number of amides is 1. The maximum absolute atomic E-state index is 12.1. The Morgan fingerprint density at radius 3 is 2.81 bits per heavy atom. The van der Waals surface area contributed by atoms with E-state index in [0.29, 0.717) is 5.82 Å². The number of hydrogen-bond acceptors (Lipinski definition) is 2. The average molecular weight is 283 g/mol. The van der Waals surface area contributed by atoms with Crippen molar-refractivity contribution in [3.63, 3.8) is 0 Å². The van der Waals surface area contributed by atoms with Crippen molar-refractivity contribution in [3.8, 4) is 0 Å². The van der Waals surface area contributed by atoms with E-state index in [9.17, 15) is 4.79 Å². The Kier molecular flexibility index (Phi) is 3.02. The third kappa shape index (κ3) is 1.75. The molecule has 0 fully saturated rings. The number of rotatable bonds is 2. The molecule has 0 saturated heterocycles. The number of aromatic nitrogens is 1. The highest BCUT2D eigenvalue weighted by Crippen LogP contribution is 2.38. The zero-order valence-electron chi connectivity index (χ0n) is 9.51. The van der Waals surface area contributed by atoms with E-state index in [4.69, 9.17) is 0 Å². The minimum absolute atomic E-state index is 0.111. The van der Waals surface area contributed by atoms with Gasteiger partial charge in [-0.25, -0.2) is 4.98 Å². The highest BCUT2D eigenvalue weighted by molar-refractivity contribution is 9.10. The van der Waals surface area contributed by atoms with Gasteiger partial charge < -0.3 is 5.32 Å². The van der Waals surface area contributed by atoms with Crippen LogP contribution >= 0.6 is 15.9 Å². The summed E-state index contributed by atoms with van der Waals surface area (Å²) in [4.78, 5) is 16.3. The molecular weight excluding hydrogens is 268 g/mol. The molecule has 86 valence electrons. The number of nitrogens with one attached hydrogen (secondary N) is 1. The largest absolute Gasteiger partial charge is 0.310 e. The van der Waals surface area contributed by atoms with E-state index in [1.165, 1.54) is 0 Å². The summed E-state index contributed by atoms with van der Waals surface area (Å²) in [6.45, 7) is 4.14. The molecule has 0 radical (unpaired) electrons. The lowest BCUT2D eigenvalue weighted by Crippen LogP contribution is -2.41. The van der Waals surface area contributed by atoms with Crippen molar-refractivity contribution in [2.24, 2.45) is 5.41 Å². The summed E-state index contributed by atoms with van der Waals surface area (Å²) in [5.41, 5.74) is 0.868. The van der Waals surface area contributed by atoms with Crippen LogP contribution in [0.3, 0.4) is 0 Å². The van der Waals surface area contributed by atoms with Gasteiger partial charge in [-0.3, -0.25) is 4.79 Å². The van der Waals surface area contributed by atoms with Crippen molar-refractivity contribution in [1.29, 1.82) is 0 Å². The summed E-state index contributed by atoms with van der Waals surface area (Å²) in [7, 11) is 0. The molecule has 0 saturated carbocycles. The zero-order chi connectivity index (χ0) is 11.8. The topological polar surface area (TPSA) is 42.0 Å².